The van der Waals surface area contributed by atoms with Crippen LogP contribution in [0.2, 0.25) is 5.02 Å². The molecule has 0 aliphatic carbocycles. The molecule has 1 rings (SSSR count). The standard InChI is InChI=1S/C13H15ClFN3/c1-3-7-17-13(16-4-2)18-9-10-5-6-12(15)11(14)8-10/h1,5-6,8H,4,7,9H2,2H3,(H2,16,17,18). The quantitative estimate of drug-likeness (QED) is 0.498. The van der Waals surface area contributed by atoms with Crippen molar-refractivity contribution in [2.75, 3.05) is 13.1 Å². The van der Waals surface area contributed by atoms with Crippen LogP contribution in [-0.4, -0.2) is 19.0 Å². The van der Waals surface area contributed by atoms with Crippen molar-refractivity contribution in [2.24, 2.45) is 4.99 Å². The highest BCUT2D eigenvalue weighted by molar-refractivity contribution is 6.30. The fraction of sp³-hybridized carbons (Fsp3) is 0.308. The number of terminal acetylenes is 1. The summed E-state index contributed by atoms with van der Waals surface area (Å²) in [7, 11) is 0. The Labute approximate surface area is 111 Å². The van der Waals surface area contributed by atoms with Gasteiger partial charge in [-0.2, -0.15) is 0 Å². The molecule has 0 radical (unpaired) electrons. The topological polar surface area (TPSA) is 36.4 Å². The van der Waals surface area contributed by atoms with Gasteiger partial charge >= 0.3 is 0 Å². The molecule has 0 heterocycles. The number of nitrogens with one attached hydrogen (secondary N) is 2. The van der Waals surface area contributed by atoms with Gasteiger partial charge in [0.1, 0.15) is 5.82 Å². The van der Waals surface area contributed by atoms with Gasteiger partial charge in [-0.25, -0.2) is 9.38 Å². The summed E-state index contributed by atoms with van der Waals surface area (Å²) in [6.07, 6.45) is 5.16. The summed E-state index contributed by atoms with van der Waals surface area (Å²) in [5, 5.41) is 6.11. The van der Waals surface area contributed by atoms with Crippen LogP contribution in [0.15, 0.2) is 23.2 Å². The second-order valence-electron chi connectivity index (χ2n) is 3.50. The third kappa shape index (κ3) is 4.64. The first kappa shape index (κ1) is 14.3. The number of halogens is 2. The smallest absolute Gasteiger partial charge is 0.192 e. The Balaban J connectivity index is 2.68. The number of nitrogens with zero attached hydrogens (tertiary/aromatic N) is 1. The van der Waals surface area contributed by atoms with Crippen molar-refractivity contribution < 1.29 is 4.39 Å². The van der Waals surface area contributed by atoms with E-state index in [2.05, 4.69) is 21.5 Å². The van der Waals surface area contributed by atoms with Crippen molar-refractivity contribution in [1.29, 1.82) is 0 Å². The molecule has 0 atom stereocenters. The van der Waals surface area contributed by atoms with Crippen LogP contribution in [0, 0.1) is 18.2 Å². The lowest BCUT2D eigenvalue weighted by molar-refractivity contribution is 0.627. The van der Waals surface area contributed by atoms with Crippen LogP contribution < -0.4 is 10.6 Å². The molecule has 96 valence electrons. The van der Waals surface area contributed by atoms with Crippen molar-refractivity contribution >= 4 is 17.6 Å². The van der Waals surface area contributed by atoms with E-state index in [-0.39, 0.29) is 5.02 Å². The zero-order chi connectivity index (χ0) is 13.4. The van der Waals surface area contributed by atoms with Gasteiger partial charge in [-0.15, -0.1) is 6.42 Å². The molecular formula is C13H15ClFN3. The second-order valence-corrected chi connectivity index (χ2v) is 3.91. The normalized spacial score (nSPS) is 10.9. The van der Waals surface area contributed by atoms with Gasteiger partial charge in [-0.3, -0.25) is 0 Å². The predicted molar refractivity (Wildman–Crippen MR) is 73.1 cm³/mol. The summed E-state index contributed by atoms with van der Waals surface area (Å²) < 4.78 is 13.0. The zero-order valence-corrected chi connectivity index (χ0v) is 10.9. The minimum absolute atomic E-state index is 0.101. The number of rotatable bonds is 4. The van der Waals surface area contributed by atoms with E-state index in [0.29, 0.717) is 19.0 Å². The molecule has 0 aliphatic rings. The van der Waals surface area contributed by atoms with Crippen molar-refractivity contribution in [3.05, 3.63) is 34.6 Å². The molecule has 2 N–H and O–H groups in total. The monoisotopic (exact) mass is 267 g/mol. The van der Waals surface area contributed by atoms with Crippen LogP contribution in [0.3, 0.4) is 0 Å². The van der Waals surface area contributed by atoms with Crippen LogP contribution in [0.25, 0.3) is 0 Å². The molecule has 0 fully saturated rings. The van der Waals surface area contributed by atoms with Crippen molar-refractivity contribution in [3.63, 3.8) is 0 Å². The van der Waals surface area contributed by atoms with Crippen LogP contribution in [0.5, 0.6) is 0 Å². The number of aliphatic imine (C=N–C) groups is 1. The second kappa shape index (κ2) is 7.57. The number of benzene rings is 1. The summed E-state index contributed by atoms with van der Waals surface area (Å²) in [4.78, 5) is 4.31. The Hall–Kier alpha value is -1.73. The summed E-state index contributed by atoms with van der Waals surface area (Å²) in [5.41, 5.74) is 0.833. The Kier molecular flexibility index (Phi) is 6.03. The summed E-state index contributed by atoms with van der Waals surface area (Å²) in [5.74, 6) is 2.66. The van der Waals surface area contributed by atoms with Gasteiger partial charge in [0.2, 0.25) is 0 Å². The number of guanidine groups is 1. The SMILES string of the molecule is C#CCNC(=NCc1ccc(F)c(Cl)c1)NCC. The maximum Gasteiger partial charge on any atom is 0.192 e. The van der Waals surface area contributed by atoms with E-state index >= 15 is 0 Å². The minimum Gasteiger partial charge on any atom is -0.357 e. The molecule has 0 amide bonds. The van der Waals surface area contributed by atoms with Gasteiger partial charge in [-0.05, 0) is 24.6 Å². The first-order valence-electron chi connectivity index (χ1n) is 5.57. The van der Waals surface area contributed by atoms with Crippen LogP contribution >= 0.6 is 11.6 Å². The Morgan fingerprint density at radius 2 is 2.28 bits per heavy atom. The minimum atomic E-state index is -0.429. The van der Waals surface area contributed by atoms with E-state index in [1.807, 2.05) is 6.92 Å². The van der Waals surface area contributed by atoms with Crippen molar-refractivity contribution in [2.45, 2.75) is 13.5 Å². The van der Waals surface area contributed by atoms with Gasteiger partial charge in [0.05, 0.1) is 18.1 Å². The third-order valence-corrected chi connectivity index (χ3v) is 2.40. The number of hydrogen-bond acceptors (Lipinski definition) is 1. The molecule has 1 aromatic carbocycles. The maximum absolute atomic E-state index is 13.0. The fourth-order valence-corrected chi connectivity index (χ4v) is 1.49. The summed E-state index contributed by atoms with van der Waals surface area (Å²) >= 11 is 5.69. The van der Waals surface area contributed by atoms with E-state index in [1.165, 1.54) is 6.07 Å². The van der Waals surface area contributed by atoms with E-state index in [4.69, 9.17) is 18.0 Å². The van der Waals surface area contributed by atoms with Gasteiger partial charge in [0.15, 0.2) is 5.96 Å². The lowest BCUT2D eigenvalue weighted by atomic mass is 10.2. The third-order valence-electron chi connectivity index (χ3n) is 2.11. The lowest BCUT2D eigenvalue weighted by Gasteiger charge is -2.08. The molecule has 5 heteroatoms. The molecular weight excluding hydrogens is 253 g/mol. The molecule has 0 bridgehead atoms. The van der Waals surface area contributed by atoms with Crippen molar-refractivity contribution in [3.8, 4) is 12.3 Å². The Morgan fingerprint density at radius 3 is 2.89 bits per heavy atom. The first-order chi connectivity index (χ1) is 8.67. The van der Waals surface area contributed by atoms with E-state index in [9.17, 15) is 4.39 Å². The van der Waals surface area contributed by atoms with Crippen LogP contribution in [0.4, 0.5) is 4.39 Å². The van der Waals surface area contributed by atoms with Gasteiger partial charge in [0.25, 0.3) is 0 Å². The predicted octanol–water partition coefficient (Wildman–Crippen LogP) is 2.17. The molecule has 0 aliphatic heterocycles. The molecule has 1 aromatic rings. The largest absolute Gasteiger partial charge is 0.357 e. The molecule has 0 spiro atoms. The van der Waals surface area contributed by atoms with E-state index in [1.54, 1.807) is 12.1 Å². The molecule has 3 nitrogen and oxygen atoms in total. The van der Waals surface area contributed by atoms with Gasteiger partial charge < -0.3 is 10.6 Å². The van der Waals surface area contributed by atoms with Gasteiger partial charge in [0, 0.05) is 6.54 Å². The van der Waals surface area contributed by atoms with Crippen LogP contribution in [-0.2, 0) is 6.54 Å². The fourth-order valence-electron chi connectivity index (χ4n) is 1.28. The molecule has 0 saturated heterocycles. The highest BCUT2D eigenvalue weighted by Crippen LogP contribution is 2.16. The average molecular weight is 268 g/mol. The van der Waals surface area contributed by atoms with Gasteiger partial charge in [-0.1, -0.05) is 23.6 Å². The molecule has 0 unspecified atom stereocenters. The Bertz CT molecular complexity index is 466. The highest BCUT2D eigenvalue weighted by atomic mass is 35.5. The first-order valence-corrected chi connectivity index (χ1v) is 5.94. The zero-order valence-electron chi connectivity index (χ0n) is 10.1. The summed E-state index contributed by atoms with van der Waals surface area (Å²) in [6.45, 7) is 3.50. The average Bonchev–Trinajstić information content (AvgIpc) is 2.37. The highest BCUT2D eigenvalue weighted by Gasteiger charge is 2.01. The van der Waals surface area contributed by atoms with E-state index in [0.717, 1.165) is 12.1 Å². The van der Waals surface area contributed by atoms with Crippen molar-refractivity contribution in [1.82, 2.24) is 10.6 Å². The summed E-state index contributed by atoms with van der Waals surface area (Å²) in [6, 6.07) is 4.54. The molecule has 0 saturated carbocycles. The maximum atomic E-state index is 13.0. The van der Waals surface area contributed by atoms with Crippen LogP contribution in [0.1, 0.15) is 12.5 Å². The molecule has 0 aromatic heterocycles. The van der Waals surface area contributed by atoms with E-state index < -0.39 is 5.82 Å². The Morgan fingerprint density at radius 1 is 1.50 bits per heavy atom. The lowest BCUT2D eigenvalue weighted by Crippen LogP contribution is -2.37. The number of hydrogen-bond donors (Lipinski definition) is 2. The molecule has 18 heavy (non-hydrogen) atoms.